The summed E-state index contributed by atoms with van der Waals surface area (Å²) in [5.74, 6) is 0. The predicted octanol–water partition coefficient (Wildman–Crippen LogP) is 3.33. The first-order valence-electron chi connectivity index (χ1n) is 5.99. The van der Waals surface area contributed by atoms with E-state index in [9.17, 15) is 21.6 Å². The van der Waals surface area contributed by atoms with Gasteiger partial charge in [-0.2, -0.15) is 13.2 Å². The standard InChI is InChI=1S/C12H14F3NO2S/c13-12(14,15)19(17,18)11-7-5-10(6-8-11)16-9-3-1-2-4-9/h5-9,16H,1-4H2. The first-order valence-corrected chi connectivity index (χ1v) is 7.47. The van der Waals surface area contributed by atoms with Crippen LogP contribution in [0.5, 0.6) is 0 Å². The molecule has 19 heavy (non-hydrogen) atoms. The fourth-order valence-electron chi connectivity index (χ4n) is 2.17. The second-order valence-electron chi connectivity index (χ2n) is 4.60. The smallest absolute Gasteiger partial charge is 0.382 e. The Morgan fingerprint density at radius 2 is 1.58 bits per heavy atom. The third kappa shape index (κ3) is 3.02. The van der Waals surface area contributed by atoms with E-state index in [4.69, 9.17) is 0 Å². The Hall–Kier alpha value is -1.24. The van der Waals surface area contributed by atoms with Crippen molar-refractivity contribution >= 4 is 15.5 Å². The lowest BCUT2D eigenvalue weighted by molar-refractivity contribution is -0.0436. The van der Waals surface area contributed by atoms with Crippen LogP contribution in [-0.4, -0.2) is 20.0 Å². The molecule has 0 heterocycles. The first-order chi connectivity index (χ1) is 8.80. The molecule has 1 aromatic carbocycles. The number of hydrogen-bond donors (Lipinski definition) is 1. The van der Waals surface area contributed by atoms with Gasteiger partial charge in [-0.15, -0.1) is 0 Å². The van der Waals surface area contributed by atoms with Gasteiger partial charge in [-0.25, -0.2) is 8.42 Å². The molecule has 106 valence electrons. The van der Waals surface area contributed by atoms with Gasteiger partial charge >= 0.3 is 5.51 Å². The monoisotopic (exact) mass is 293 g/mol. The molecule has 0 spiro atoms. The van der Waals surface area contributed by atoms with Crippen molar-refractivity contribution in [3.63, 3.8) is 0 Å². The summed E-state index contributed by atoms with van der Waals surface area (Å²) in [5, 5.41) is 3.18. The molecule has 1 N–H and O–H groups in total. The average molecular weight is 293 g/mol. The van der Waals surface area contributed by atoms with Crippen molar-refractivity contribution in [2.45, 2.75) is 42.1 Å². The molecule has 7 heteroatoms. The Bertz CT molecular complexity index is 531. The Labute approximate surface area is 109 Å². The lowest BCUT2D eigenvalue weighted by Gasteiger charge is -2.14. The number of nitrogens with one attached hydrogen (secondary N) is 1. The molecule has 1 aliphatic rings. The van der Waals surface area contributed by atoms with Gasteiger partial charge in [0.1, 0.15) is 0 Å². The summed E-state index contributed by atoms with van der Waals surface area (Å²) in [6.45, 7) is 0. The van der Waals surface area contributed by atoms with E-state index >= 15 is 0 Å². The van der Waals surface area contributed by atoms with Crippen molar-refractivity contribution in [2.75, 3.05) is 5.32 Å². The van der Waals surface area contributed by atoms with Crippen molar-refractivity contribution in [2.24, 2.45) is 0 Å². The van der Waals surface area contributed by atoms with E-state index in [0.717, 1.165) is 37.8 Å². The zero-order valence-electron chi connectivity index (χ0n) is 10.1. The van der Waals surface area contributed by atoms with Crippen LogP contribution in [0.1, 0.15) is 25.7 Å². The van der Waals surface area contributed by atoms with Crippen LogP contribution in [0.2, 0.25) is 0 Å². The van der Waals surface area contributed by atoms with E-state index in [1.54, 1.807) is 0 Å². The van der Waals surface area contributed by atoms with Crippen LogP contribution in [0.4, 0.5) is 18.9 Å². The minimum absolute atomic E-state index is 0.324. The molecule has 0 saturated heterocycles. The topological polar surface area (TPSA) is 46.2 Å². The van der Waals surface area contributed by atoms with Gasteiger partial charge in [0.25, 0.3) is 9.84 Å². The highest BCUT2D eigenvalue weighted by atomic mass is 32.2. The second-order valence-corrected chi connectivity index (χ2v) is 6.54. The van der Waals surface area contributed by atoms with E-state index in [1.165, 1.54) is 12.1 Å². The molecule has 2 rings (SSSR count). The van der Waals surface area contributed by atoms with E-state index < -0.39 is 20.2 Å². The lowest BCUT2D eigenvalue weighted by atomic mass is 10.2. The highest BCUT2D eigenvalue weighted by Gasteiger charge is 2.46. The van der Waals surface area contributed by atoms with E-state index in [1.807, 2.05) is 0 Å². The Kier molecular flexibility index (Phi) is 3.75. The van der Waals surface area contributed by atoms with Crippen molar-refractivity contribution in [1.82, 2.24) is 0 Å². The van der Waals surface area contributed by atoms with Crippen molar-refractivity contribution in [3.05, 3.63) is 24.3 Å². The molecule has 0 unspecified atom stereocenters. The molecule has 0 radical (unpaired) electrons. The molecular weight excluding hydrogens is 279 g/mol. The van der Waals surface area contributed by atoms with Gasteiger partial charge in [0.2, 0.25) is 0 Å². The van der Waals surface area contributed by atoms with Gasteiger partial charge in [-0.3, -0.25) is 0 Å². The minimum Gasteiger partial charge on any atom is -0.382 e. The summed E-state index contributed by atoms with van der Waals surface area (Å²) in [4.78, 5) is -0.725. The van der Waals surface area contributed by atoms with E-state index in [-0.39, 0.29) is 0 Å². The number of hydrogen-bond acceptors (Lipinski definition) is 3. The SMILES string of the molecule is O=S(=O)(c1ccc(NC2CCCC2)cc1)C(F)(F)F. The van der Waals surface area contributed by atoms with Crippen LogP contribution in [-0.2, 0) is 9.84 Å². The van der Waals surface area contributed by atoms with Gasteiger partial charge in [-0.1, -0.05) is 12.8 Å². The molecule has 3 nitrogen and oxygen atoms in total. The van der Waals surface area contributed by atoms with Crippen LogP contribution >= 0.6 is 0 Å². The summed E-state index contributed by atoms with van der Waals surface area (Å²) in [6, 6.07) is 5.04. The van der Waals surface area contributed by atoms with Crippen LogP contribution in [0.25, 0.3) is 0 Å². The van der Waals surface area contributed by atoms with Crippen LogP contribution < -0.4 is 5.32 Å². The van der Waals surface area contributed by atoms with E-state index in [0.29, 0.717) is 11.7 Å². The van der Waals surface area contributed by atoms with Gasteiger partial charge < -0.3 is 5.32 Å². The lowest BCUT2D eigenvalue weighted by Crippen LogP contribution is -2.23. The van der Waals surface area contributed by atoms with Crippen molar-refractivity contribution < 1.29 is 21.6 Å². The van der Waals surface area contributed by atoms with Crippen LogP contribution in [0.15, 0.2) is 29.2 Å². The largest absolute Gasteiger partial charge is 0.501 e. The van der Waals surface area contributed by atoms with E-state index in [2.05, 4.69) is 5.32 Å². The third-order valence-corrected chi connectivity index (χ3v) is 4.70. The molecule has 0 atom stereocenters. The highest BCUT2D eigenvalue weighted by molar-refractivity contribution is 7.92. The Morgan fingerprint density at radius 3 is 2.05 bits per heavy atom. The summed E-state index contributed by atoms with van der Waals surface area (Å²) in [7, 11) is -5.25. The maximum atomic E-state index is 12.3. The van der Waals surface area contributed by atoms with Crippen LogP contribution in [0.3, 0.4) is 0 Å². The third-order valence-electron chi connectivity index (χ3n) is 3.20. The number of anilines is 1. The van der Waals surface area contributed by atoms with Crippen molar-refractivity contribution in [1.29, 1.82) is 0 Å². The Morgan fingerprint density at radius 1 is 1.05 bits per heavy atom. The summed E-state index contributed by atoms with van der Waals surface area (Å²) >= 11 is 0. The van der Waals surface area contributed by atoms with Gasteiger partial charge in [0.05, 0.1) is 4.90 Å². The maximum absolute atomic E-state index is 12.3. The molecule has 1 aromatic rings. The number of benzene rings is 1. The van der Waals surface area contributed by atoms with Crippen molar-refractivity contribution in [3.8, 4) is 0 Å². The molecule has 0 aromatic heterocycles. The molecular formula is C12H14F3NO2S. The average Bonchev–Trinajstić information content (AvgIpc) is 2.81. The quantitative estimate of drug-likeness (QED) is 0.929. The summed E-state index contributed by atoms with van der Waals surface area (Å²) < 4.78 is 59.4. The van der Waals surface area contributed by atoms with Gasteiger partial charge in [0, 0.05) is 11.7 Å². The molecule has 1 aliphatic carbocycles. The molecule has 0 bridgehead atoms. The zero-order valence-corrected chi connectivity index (χ0v) is 10.9. The van der Waals surface area contributed by atoms with Crippen LogP contribution in [0, 0.1) is 0 Å². The molecule has 0 aliphatic heterocycles. The zero-order chi connectivity index (χ0) is 14.1. The second kappa shape index (κ2) is 5.03. The van der Waals surface area contributed by atoms with Gasteiger partial charge in [-0.05, 0) is 37.1 Å². The first kappa shape index (κ1) is 14.2. The Balaban J connectivity index is 2.14. The minimum atomic E-state index is -5.26. The number of sulfone groups is 1. The summed E-state index contributed by atoms with van der Waals surface area (Å²) in [6.07, 6.45) is 4.33. The number of halogens is 3. The fourth-order valence-corrected chi connectivity index (χ4v) is 2.93. The molecule has 1 fully saturated rings. The normalized spacial score (nSPS) is 17.6. The predicted molar refractivity (Wildman–Crippen MR) is 65.6 cm³/mol. The van der Waals surface area contributed by atoms with Gasteiger partial charge in [0.15, 0.2) is 0 Å². The number of rotatable bonds is 3. The highest BCUT2D eigenvalue weighted by Crippen LogP contribution is 2.31. The maximum Gasteiger partial charge on any atom is 0.501 e. The fraction of sp³-hybridized carbons (Fsp3) is 0.500. The summed E-state index contributed by atoms with van der Waals surface area (Å²) in [5.41, 5.74) is -4.61. The number of alkyl halides is 3. The molecule has 0 amide bonds. The molecule has 1 saturated carbocycles.